The highest BCUT2D eigenvalue weighted by atomic mass is 35.5. The second-order valence-electron chi connectivity index (χ2n) is 6.28. The van der Waals surface area contributed by atoms with Gasteiger partial charge in [-0.15, -0.1) is 12.4 Å². The van der Waals surface area contributed by atoms with Crippen molar-refractivity contribution in [3.05, 3.63) is 0 Å². The molecule has 0 radical (unpaired) electrons. The lowest BCUT2D eigenvalue weighted by atomic mass is 9.98. The number of carbonyl (C=O) groups excluding carboxylic acids is 2. The highest BCUT2D eigenvalue weighted by Gasteiger charge is 2.31. The minimum Gasteiger partial charge on any atom is -0.383 e. The minimum absolute atomic E-state index is 0. The largest absolute Gasteiger partial charge is 0.383 e. The van der Waals surface area contributed by atoms with Gasteiger partial charge >= 0.3 is 0 Å². The van der Waals surface area contributed by atoms with E-state index in [9.17, 15) is 14.7 Å². The van der Waals surface area contributed by atoms with Crippen LogP contribution in [0.4, 0.5) is 0 Å². The third-order valence-electron chi connectivity index (χ3n) is 4.67. The van der Waals surface area contributed by atoms with Crippen molar-refractivity contribution in [3.63, 3.8) is 0 Å². The van der Waals surface area contributed by atoms with Crippen molar-refractivity contribution in [2.24, 2.45) is 0 Å². The summed E-state index contributed by atoms with van der Waals surface area (Å²) in [4.78, 5) is 27.2. The lowest BCUT2D eigenvalue weighted by Gasteiger charge is -2.39. The number of amides is 2. The van der Waals surface area contributed by atoms with Crippen LogP contribution in [0.5, 0.6) is 0 Å². The number of nitrogens with zero attached hydrogens (tertiary/aromatic N) is 2. The van der Waals surface area contributed by atoms with Crippen molar-refractivity contribution in [3.8, 4) is 0 Å². The van der Waals surface area contributed by atoms with E-state index in [1.165, 1.54) is 24.2 Å². The molecule has 22 heavy (non-hydrogen) atoms. The van der Waals surface area contributed by atoms with Gasteiger partial charge in [-0.25, -0.2) is 0 Å². The summed E-state index contributed by atoms with van der Waals surface area (Å²) in [6, 6.07) is 1.14. The number of likely N-dealkylation sites (tertiary alicyclic amines) is 2. The Hall–Kier alpha value is -0.850. The third-order valence-corrected chi connectivity index (χ3v) is 4.67. The molecular weight excluding hydrogens is 306 g/mol. The average molecular weight is 334 g/mol. The fourth-order valence-corrected chi connectivity index (χ4v) is 3.35. The van der Waals surface area contributed by atoms with Crippen LogP contribution in [0.1, 0.15) is 39.5 Å². The number of aliphatic hydroxyl groups excluding tert-OH is 1. The molecule has 2 fully saturated rings. The van der Waals surface area contributed by atoms with Gasteiger partial charge in [0.1, 0.15) is 6.10 Å². The van der Waals surface area contributed by atoms with Crippen LogP contribution in [0.2, 0.25) is 0 Å². The summed E-state index contributed by atoms with van der Waals surface area (Å²) in [5.41, 5.74) is 0. The van der Waals surface area contributed by atoms with E-state index in [0.717, 1.165) is 6.54 Å². The van der Waals surface area contributed by atoms with Gasteiger partial charge in [0.15, 0.2) is 0 Å². The predicted molar refractivity (Wildman–Crippen MR) is 86.9 cm³/mol. The first kappa shape index (κ1) is 19.2. The molecule has 6 nitrogen and oxygen atoms in total. The maximum atomic E-state index is 11.9. The van der Waals surface area contributed by atoms with Crippen molar-refractivity contribution in [2.75, 3.05) is 26.2 Å². The van der Waals surface area contributed by atoms with Crippen LogP contribution in [0, 0.1) is 0 Å². The van der Waals surface area contributed by atoms with Gasteiger partial charge in [-0.1, -0.05) is 6.42 Å². The molecule has 0 aromatic rings. The summed E-state index contributed by atoms with van der Waals surface area (Å²) in [7, 11) is 0. The molecule has 0 bridgehead atoms. The van der Waals surface area contributed by atoms with Crippen LogP contribution in [-0.4, -0.2) is 71.1 Å². The molecule has 2 saturated heterocycles. The Balaban J connectivity index is 0.00000242. The van der Waals surface area contributed by atoms with E-state index in [-0.39, 0.29) is 30.8 Å². The smallest absolute Gasteiger partial charge is 0.251 e. The summed E-state index contributed by atoms with van der Waals surface area (Å²) in [6.07, 6.45) is 3.23. The number of halogens is 1. The molecule has 2 N–H and O–H groups in total. The molecule has 7 heteroatoms. The highest BCUT2D eigenvalue weighted by Crippen LogP contribution is 2.21. The van der Waals surface area contributed by atoms with Gasteiger partial charge in [0.25, 0.3) is 5.91 Å². The van der Waals surface area contributed by atoms with Crippen molar-refractivity contribution in [2.45, 2.75) is 57.7 Å². The topological polar surface area (TPSA) is 72.9 Å². The molecule has 0 saturated carbocycles. The maximum absolute atomic E-state index is 11.9. The Morgan fingerprint density at radius 2 is 1.91 bits per heavy atom. The zero-order chi connectivity index (χ0) is 15.4. The molecular formula is C15H28ClN3O3. The van der Waals surface area contributed by atoms with Crippen molar-refractivity contribution in [1.82, 2.24) is 15.1 Å². The zero-order valence-corrected chi connectivity index (χ0v) is 14.3. The zero-order valence-electron chi connectivity index (χ0n) is 13.5. The Morgan fingerprint density at radius 1 is 1.27 bits per heavy atom. The Morgan fingerprint density at radius 3 is 2.45 bits per heavy atom. The number of carbonyl (C=O) groups is 2. The number of nitrogens with one attached hydrogen (secondary N) is 1. The second-order valence-corrected chi connectivity index (χ2v) is 6.28. The molecule has 0 aromatic carbocycles. The fraction of sp³-hybridized carbons (Fsp3) is 0.867. The summed E-state index contributed by atoms with van der Waals surface area (Å²) in [6.45, 7) is 6.46. The standard InChI is InChI=1S/C15H27N3O3.ClH/c1-11-4-3-5-12(2)18(11)9-7-16-14(20)10-17-8-6-13(19)15(17)21;/h11-13,19H,3-10H2,1-2H3,(H,16,20);1H/t11-,12+,13?;. The van der Waals surface area contributed by atoms with Crippen molar-refractivity contribution < 1.29 is 14.7 Å². The summed E-state index contributed by atoms with van der Waals surface area (Å²) >= 11 is 0. The van der Waals surface area contributed by atoms with E-state index in [1.807, 2.05) is 0 Å². The van der Waals surface area contributed by atoms with Crippen molar-refractivity contribution in [1.29, 1.82) is 0 Å². The van der Waals surface area contributed by atoms with Gasteiger partial charge in [0.2, 0.25) is 5.91 Å². The van der Waals surface area contributed by atoms with E-state index in [1.54, 1.807) is 0 Å². The lowest BCUT2D eigenvalue weighted by Crippen LogP contribution is -2.48. The molecule has 0 aromatic heterocycles. The van der Waals surface area contributed by atoms with Crippen LogP contribution >= 0.6 is 12.4 Å². The molecule has 3 atom stereocenters. The number of rotatable bonds is 5. The van der Waals surface area contributed by atoms with Gasteiger partial charge in [-0.2, -0.15) is 0 Å². The molecule has 2 aliphatic heterocycles. The SMILES string of the molecule is C[C@@H]1CCC[C@H](C)N1CCNC(=O)CN1CCC(O)C1=O.Cl. The Bertz CT molecular complexity index is 384. The fourth-order valence-electron chi connectivity index (χ4n) is 3.35. The molecule has 2 amide bonds. The molecule has 2 aliphatic rings. The first-order valence-corrected chi connectivity index (χ1v) is 7.98. The summed E-state index contributed by atoms with van der Waals surface area (Å²) in [5.74, 6) is -0.474. The van der Waals surface area contributed by atoms with Crippen LogP contribution in [0.25, 0.3) is 0 Å². The van der Waals surface area contributed by atoms with E-state index < -0.39 is 6.10 Å². The number of hydrogen-bond acceptors (Lipinski definition) is 4. The van der Waals surface area contributed by atoms with Gasteiger partial charge in [-0.3, -0.25) is 14.5 Å². The minimum atomic E-state index is -0.923. The molecule has 2 rings (SSSR count). The first-order chi connectivity index (χ1) is 9.99. The lowest BCUT2D eigenvalue weighted by molar-refractivity contribution is -0.137. The highest BCUT2D eigenvalue weighted by molar-refractivity contribution is 5.88. The van der Waals surface area contributed by atoms with Crippen LogP contribution in [-0.2, 0) is 9.59 Å². The van der Waals surface area contributed by atoms with Crippen molar-refractivity contribution >= 4 is 24.2 Å². The van der Waals surface area contributed by atoms with Gasteiger partial charge in [0.05, 0.1) is 6.54 Å². The molecule has 1 unspecified atom stereocenters. The molecule has 2 heterocycles. The summed E-state index contributed by atoms with van der Waals surface area (Å²) in [5, 5.41) is 12.2. The van der Waals surface area contributed by atoms with E-state index >= 15 is 0 Å². The van der Waals surface area contributed by atoms with Gasteiger partial charge in [-0.05, 0) is 33.1 Å². The maximum Gasteiger partial charge on any atom is 0.251 e. The van der Waals surface area contributed by atoms with Gasteiger partial charge in [0, 0.05) is 31.7 Å². The summed E-state index contributed by atoms with van der Waals surface area (Å²) < 4.78 is 0. The van der Waals surface area contributed by atoms with Crippen LogP contribution < -0.4 is 5.32 Å². The van der Waals surface area contributed by atoms with E-state index in [0.29, 0.717) is 31.6 Å². The normalized spacial score (nSPS) is 29.3. The molecule has 128 valence electrons. The number of piperidine rings is 1. The first-order valence-electron chi connectivity index (χ1n) is 7.98. The van der Waals surface area contributed by atoms with Gasteiger partial charge < -0.3 is 15.3 Å². The monoisotopic (exact) mass is 333 g/mol. The van der Waals surface area contributed by atoms with Crippen LogP contribution in [0.3, 0.4) is 0 Å². The van der Waals surface area contributed by atoms with Crippen LogP contribution in [0.15, 0.2) is 0 Å². The van der Waals surface area contributed by atoms with E-state index in [4.69, 9.17) is 0 Å². The molecule has 0 spiro atoms. The number of aliphatic hydroxyl groups is 1. The Labute approximate surface area is 138 Å². The average Bonchev–Trinajstić information content (AvgIpc) is 2.74. The molecule has 0 aliphatic carbocycles. The second kappa shape index (κ2) is 8.70. The predicted octanol–water partition coefficient (Wildman–Crippen LogP) is 0.381. The quantitative estimate of drug-likeness (QED) is 0.763. The number of hydrogen-bond donors (Lipinski definition) is 2. The van der Waals surface area contributed by atoms with E-state index in [2.05, 4.69) is 24.1 Å². The third kappa shape index (κ3) is 4.83. The Kier molecular flexibility index (Phi) is 7.59.